The van der Waals surface area contributed by atoms with Crippen LogP contribution in [-0.2, 0) is 20.8 Å². The second-order valence-corrected chi connectivity index (χ2v) is 16.5. The Morgan fingerprint density at radius 1 is 1.15 bits per heavy atom. The third kappa shape index (κ3) is 7.19. The number of ether oxygens (including phenoxy) is 1. The van der Waals surface area contributed by atoms with Gasteiger partial charge in [-0.1, -0.05) is 50.6 Å². The van der Waals surface area contributed by atoms with Gasteiger partial charge in [0.15, 0.2) is 11.6 Å². The molecule has 0 spiro atoms. The van der Waals surface area contributed by atoms with Crippen molar-refractivity contribution in [3.8, 4) is 11.5 Å². The van der Waals surface area contributed by atoms with Crippen molar-refractivity contribution in [1.29, 1.82) is 0 Å². The highest BCUT2D eigenvalue weighted by Crippen LogP contribution is 2.71. The summed E-state index contributed by atoms with van der Waals surface area (Å²) in [5.41, 5.74) is 0.0568. The molecule has 4 aliphatic carbocycles. The molecule has 53 heavy (non-hydrogen) atoms. The summed E-state index contributed by atoms with van der Waals surface area (Å²) in [6.07, 6.45) is 7.03. The van der Waals surface area contributed by atoms with E-state index in [0.717, 1.165) is 30.6 Å². The van der Waals surface area contributed by atoms with Gasteiger partial charge >= 0.3 is 0 Å². The Kier molecular flexibility index (Phi) is 12.2. The lowest BCUT2D eigenvalue weighted by Gasteiger charge is -2.63. The number of Topliss-reactive ketones (excluding diaryl/α,β-unsaturated/α-hetero) is 1. The second kappa shape index (κ2) is 15.8. The summed E-state index contributed by atoms with van der Waals surface area (Å²) in [7, 11) is 1.64. The van der Waals surface area contributed by atoms with Crippen LogP contribution in [0.15, 0.2) is 66.3 Å². The van der Waals surface area contributed by atoms with Gasteiger partial charge in [0.25, 0.3) is 0 Å². The fraction of sp³-hybridized carbons (Fsp3) is 0.537. The Balaban J connectivity index is 0.000000206. The Morgan fingerprint density at radius 3 is 2.49 bits per heavy atom. The van der Waals surface area contributed by atoms with E-state index >= 15 is 0 Å². The van der Waals surface area contributed by atoms with Crippen LogP contribution in [0, 0.1) is 28.6 Å². The molecule has 288 valence electrons. The molecule has 2 aromatic carbocycles. The number of carbonyl (C=O) groups excluding carboxylic acids is 3. The zero-order chi connectivity index (χ0) is 38.9. The van der Waals surface area contributed by atoms with E-state index in [1.807, 2.05) is 58.0 Å². The summed E-state index contributed by atoms with van der Waals surface area (Å²) < 4.78 is 5.14. The predicted octanol–water partition coefficient (Wildman–Crippen LogP) is 5.63. The maximum Gasteiger partial charge on any atom is 0.211 e. The molecule has 3 fully saturated rings. The maximum atomic E-state index is 12.7. The number of allylic oxidation sites excluding steroid dienone is 4. The Bertz CT molecular complexity index is 1750. The molecule has 10 atom stereocenters. The molecule has 3 saturated carbocycles. The first kappa shape index (κ1) is 40.9. The van der Waals surface area contributed by atoms with Gasteiger partial charge in [0.05, 0.1) is 35.8 Å². The zero-order valence-corrected chi connectivity index (χ0v) is 32.5. The summed E-state index contributed by atoms with van der Waals surface area (Å²) in [4.78, 5) is 34.2. The number of rotatable bonds is 11. The van der Waals surface area contributed by atoms with Crippen LogP contribution >= 0.6 is 23.2 Å². The van der Waals surface area contributed by atoms with Gasteiger partial charge < -0.3 is 35.8 Å². The number of carbonyl (C=O) groups is 3. The molecule has 2 aromatic rings. The SMILES string of the molecule is COc1ccc(C[C@@H](C)NC[C@H](O)c2ccc(O)c(NC=O)c2)cc1.C[C@@H]1C[C@H]2[C@@H]3CCC4=CC(=O)C=C[C@]4(C)[C@@]3(Cl)[C@@H](O)C[C@]2(C)[C@@]1(O)C(=O)CCl. The van der Waals surface area contributed by atoms with Crippen molar-refractivity contribution < 1.29 is 39.5 Å². The molecular formula is C41H52Cl2N2O8. The third-order valence-electron chi connectivity index (χ3n) is 12.7. The quantitative estimate of drug-likeness (QED) is 0.0965. The molecule has 0 heterocycles. The number of hydrogen-bond acceptors (Lipinski definition) is 9. The normalized spacial score (nSPS) is 33.9. The number of halogens is 2. The maximum absolute atomic E-state index is 12.7. The van der Waals surface area contributed by atoms with E-state index in [0.29, 0.717) is 24.9 Å². The van der Waals surface area contributed by atoms with Crippen molar-refractivity contribution in [2.45, 2.75) is 88.5 Å². The number of ketones is 2. The summed E-state index contributed by atoms with van der Waals surface area (Å²) in [5, 5.41) is 48.6. The molecule has 4 aliphatic rings. The zero-order valence-electron chi connectivity index (χ0n) is 30.9. The average Bonchev–Trinajstić information content (AvgIpc) is 3.34. The second-order valence-electron chi connectivity index (χ2n) is 15.6. The van der Waals surface area contributed by atoms with Crippen molar-refractivity contribution in [2.24, 2.45) is 28.6 Å². The van der Waals surface area contributed by atoms with E-state index in [4.69, 9.17) is 27.9 Å². The number of aliphatic hydroxyl groups is 3. The van der Waals surface area contributed by atoms with E-state index in [2.05, 4.69) is 10.6 Å². The molecule has 1 amide bonds. The largest absolute Gasteiger partial charge is 0.506 e. The van der Waals surface area contributed by atoms with Crippen molar-refractivity contribution in [1.82, 2.24) is 5.32 Å². The number of phenolic OH excluding ortho intramolecular Hbond substituents is 1. The first-order chi connectivity index (χ1) is 25.0. The number of alkyl halides is 2. The minimum Gasteiger partial charge on any atom is -0.506 e. The molecular weight excluding hydrogens is 719 g/mol. The number of aliphatic hydroxyl groups excluding tert-OH is 2. The average molecular weight is 772 g/mol. The van der Waals surface area contributed by atoms with Crippen LogP contribution in [0.1, 0.15) is 70.6 Å². The number of amides is 1. The molecule has 12 heteroatoms. The smallest absolute Gasteiger partial charge is 0.211 e. The van der Waals surface area contributed by atoms with Gasteiger partial charge in [-0.05, 0) is 104 Å². The topological polar surface area (TPSA) is 165 Å². The number of fused-ring (bicyclic) bond motifs is 5. The van der Waals surface area contributed by atoms with Crippen molar-refractivity contribution in [2.75, 3.05) is 24.9 Å². The fourth-order valence-corrected chi connectivity index (χ4v) is 10.5. The van der Waals surface area contributed by atoms with Crippen molar-refractivity contribution >= 4 is 46.9 Å². The van der Waals surface area contributed by atoms with Crippen molar-refractivity contribution in [3.05, 3.63) is 77.4 Å². The van der Waals surface area contributed by atoms with Gasteiger partial charge in [-0.15, -0.1) is 23.2 Å². The lowest BCUT2D eigenvalue weighted by molar-refractivity contribution is -0.175. The monoisotopic (exact) mass is 770 g/mol. The molecule has 0 bridgehead atoms. The van der Waals surface area contributed by atoms with Crippen LogP contribution in [0.3, 0.4) is 0 Å². The summed E-state index contributed by atoms with van der Waals surface area (Å²) in [6.45, 7) is 8.22. The number of benzene rings is 2. The lowest BCUT2D eigenvalue weighted by atomic mass is 9.45. The number of anilines is 1. The predicted molar refractivity (Wildman–Crippen MR) is 205 cm³/mol. The van der Waals surface area contributed by atoms with Gasteiger partial charge in [0.2, 0.25) is 6.41 Å². The Hall–Kier alpha value is -3.25. The van der Waals surface area contributed by atoms with Gasteiger partial charge in [-0.25, -0.2) is 0 Å². The van der Waals surface area contributed by atoms with Gasteiger partial charge in [-0.3, -0.25) is 14.4 Å². The number of methoxy groups -OCH3 is 1. The molecule has 0 unspecified atom stereocenters. The highest BCUT2D eigenvalue weighted by atomic mass is 35.5. The minimum atomic E-state index is -1.56. The standard InChI is InChI=1S/C22H28Cl2O4.C19H24N2O4/c1-12-8-16-15-5-4-13-9-14(25)6-7-19(13,2)21(15,24)17(26)10-20(16,3)22(12,28)18(27)11-23;1-13(9-14-3-6-16(25-2)7-4-14)20-11-19(24)15-5-8-18(23)17(10-15)21-12-22/h6-7,9,12,15-17,26,28H,4-5,8,10-11H2,1-3H3;3-8,10,12-13,19-20,23-24H,9,11H2,1-2H3,(H,21,22)/t12-,15+,16+,17+,19+,20+,21+,22+;13-,19+/m11/s1. The fourth-order valence-electron chi connectivity index (χ4n) is 9.80. The number of aromatic hydroxyl groups is 1. The van der Waals surface area contributed by atoms with Crippen molar-refractivity contribution in [3.63, 3.8) is 0 Å². The minimum absolute atomic E-state index is 0.00929. The highest BCUT2D eigenvalue weighted by Gasteiger charge is 2.74. The van der Waals surface area contributed by atoms with Crippen LogP contribution in [0.5, 0.6) is 11.5 Å². The van der Waals surface area contributed by atoms with E-state index in [1.54, 1.807) is 31.4 Å². The number of nitrogens with one attached hydrogen (secondary N) is 2. The van der Waals surface area contributed by atoms with Gasteiger partial charge in [-0.2, -0.15) is 0 Å². The van der Waals surface area contributed by atoms with Crippen LogP contribution in [-0.4, -0.2) is 80.6 Å². The molecule has 6 N–H and O–H groups in total. The third-order valence-corrected chi connectivity index (χ3v) is 13.9. The molecule has 0 radical (unpaired) electrons. The Labute approximate surface area is 321 Å². The van der Waals surface area contributed by atoms with Gasteiger partial charge in [0.1, 0.15) is 17.1 Å². The molecule has 6 rings (SSSR count). The lowest BCUT2D eigenvalue weighted by Crippen LogP contribution is -2.68. The van der Waals surface area contributed by atoms with Crippen LogP contribution in [0.2, 0.25) is 0 Å². The number of hydrogen-bond donors (Lipinski definition) is 6. The molecule has 0 aromatic heterocycles. The summed E-state index contributed by atoms with van der Waals surface area (Å²) in [5.74, 6) is -0.216. The summed E-state index contributed by atoms with van der Waals surface area (Å²) in [6, 6.07) is 12.7. The van der Waals surface area contributed by atoms with E-state index in [9.17, 15) is 34.8 Å². The summed E-state index contributed by atoms with van der Waals surface area (Å²) >= 11 is 13.2. The Morgan fingerprint density at radius 2 is 1.85 bits per heavy atom. The van der Waals surface area contributed by atoms with E-state index in [1.165, 1.54) is 11.6 Å². The van der Waals surface area contributed by atoms with E-state index < -0.39 is 33.5 Å². The van der Waals surface area contributed by atoms with Gasteiger partial charge in [0, 0.05) is 23.4 Å². The van der Waals surface area contributed by atoms with Crippen LogP contribution in [0.4, 0.5) is 5.69 Å². The number of phenols is 1. The molecule has 0 saturated heterocycles. The van der Waals surface area contributed by atoms with E-state index in [-0.39, 0.29) is 59.1 Å². The first-order valence-electron chi connectivity index (χ1n) is 18.2. The highest BCUT2D eigenvalue weighted by molar-refractivity contribution is 6.29. The first-order valence-corrected chi connectivity index (χ1v) is 19.1. The van der Waals surface area contributed by atoms with Crippen LogP contribution < -0.4 is 15.4 Å². The molecule has 0 aliphatic heterocycles. The van der Waals surface area contributed by atoms with Crippen LogP contribution in [0.25, 0.3) is 0 Å². The molecule has 10 nitrogen and oxygen atoms in total.